The van der Waals surface area contributed by atoms with E-state index >= 15 is 0 Å². The van der Waals surface area contributed by atoms with Crippen LogP contribution in [0.4, 0.5) is 10.5 Å². The second kappa shape index (κ2) is 7.21. The largest absolute Gasteiger partial charge is 0.495 e. The molecule has 1 aromatic rings. The fourth-order valence-corrected chi connectivity index (χ4v) is 2.81. The Morgan fingerprint density at radius 3 is 2.48 bits per heavy atom. The first-order chi connectivity index (χ1) is 11.6. The molecule has 1 saturated heterocycles. The van der Waals surface area contributed by atoms with Gasteiger partial charge in [0.25, 0.3) is 5.91 Å². The number of rotatable bonds is 2. The number of benzene rings is 1. The van der Waals surface area contributed by atoms with E-state index in [2.05, 4.69) is 0 Å². The standard InChI is InChI=1S/C18H27N3O4/c1-12-11-20(9-10-21(12)17(23)25-18(2,3)4)16(22)13-7-6-8-14(24-5)15(13)19/h6-8,12H,9-11,19H2,1-5H3/t12-/m1/s1. The summed E-state index contributed by atoms with van der Waals surface area (Å²) >= 11 is 0. The number of para-hydroxylation sites is 1. The molecule has 1 aromatic carbocycles. The van der Waals surface area contributed by atoms with Crippen molar-refractivity contribution in [3.63, 3.8) is 0 Å². The first kappa shape index (κ1) is 18.9. The molecule has 0 unspecified atom stereocenters. The quantitative estimate of drug-likeness (QED) is 0.829. The van der Waals surface area contributed by atoms with Crippen molar-refractivity contribution in [3.05, 3.63) is 23.8 Å². The van der Waals surface area contributed by atoms with E-state index in [9.17, 15) is 9.59 Å². The van der Waals surface area contributed by atoms with Gasteiger partial charge < -0.3 is 25.0 Å². The van der Waals surface area contributed by atoms with Crippen LogP contribution in [0.25, 0.3) is 0 Å². The summed E-state index contributed by atoms with van der Waals surface area (Å²) in [5.41, 5.74) is 6.23. The molecule has 0 aliphatic carbocycles. The number of nitrogen functional groups attached to an aromatic ring is 1. The molecule has 0 spiro atoms. The minimum Gasteiger partial charge on any atom is -0.495 e. The summed E-state index contributed by atoms with van der Waals surface area (Å²) in [7, 11) is 1.52. The Bertz CT molecular complexity index is 654. The van der Waals surface area contributed by atoms with E-state index in [-0.39, 0.29) is 18.0 Å². The number of nitrogens with zero attached hydrogens (tertiary/aromatic N) is 2. The van der Waals surface area contributed by atoms with Crippen molar-refractivity contribution in [3.8, 4) is 5.75 Å². The highest BCUT2D eigenvalue weighted by atomic mass is 16.6. The Kier molecular flexibility index (Phi) is 5.45. The van der Waals surface area contributed by atoms with E-state index in [1.165, 1.54) is 7.11 Å². The van der Waals surface area contributed by atoms with Crippen LogP contribution in [0, 0.1) is 0 Å². The highest BCUT2D eigenvalue weighted by Gasteiger charge is 2.33. The van der Waals surface area contributed by atoms with Crippen LogP contribution in [0.1, 0.15) is 38.1 Å². The molecule has 25 heavy (non-hydrogen) atoms. The maximum Gasteiger partial charge on any atom is 0.410 e. The van der Waals surface area contributed by atoms with Crippen molar-refractivity contribution < 1.29 is 19.1 Å². The molecule has 1 atom stereocenters. The Morgan fingerprint density at radius 2 is 1.92 bits per heavy atom. The third-order valence-corrected chi connectivity index (χ3v) is 4.06. The minimum absolute atomic E-state index is 0.139. The lowest BCUT2D eigenvalue weighted by Gasteiger charge is -2.40. The van der Waals surface area contributed by atoms with Gasteiger partial charge >= 0.3 is 6.09 Å². The fourth-order valence-electron chi connectivity index (χ4n) is 2.81. The zero-order valence-corrected chi connectivity index (χ0v) is 15.5. The van der Waals surface area contributed by atoms with Crippen LogP contribution in [0.3, 0.4) is 0 Å². The van der Waals surface area contributed by atoms with Crippen LogP contribution in [-0.4, -0.2) is 60.2 Å². The Balaban J connectivity index is 2.08. The molecule has 7 heteroatoms. The molecule has 138 valence electrons. The van der Waals surface area contributed by atoms with Crippen molar-refractivity contribution in [2.45, 2.75) is 39.3 Å². The summed E-state index contributed by atoms with van der Waals surface area (Å²) < 4.78 is 10.6. The maximum absolute atomic E-state index is 12.8. The van der Waals surface area contributed by atoms with E-state index in [1.54, 1.807) is 28.0 Å². The van der Waals surface area contributed by atoms with E-state index in [0.29, 0.717) is 36.6 Å². The van der Waals surface area contributed by atoms with Gasteiger partial charge in [0, 0.05) is 25.7 Å². The number of methoxy groups -OCH3 is 1. The molecular formula is C18H27N3O4. The lowest BCUT2D eigenvalue weighted by atomic mass is 10.1. The number of nitrogens with two attached hydrogens (primary N) is 1. The van der Waals surface area contributed by atoms with Gasteiger partial charge in [0.2, 0.25) is 0 Å². The summed E-state index contributed by atoms with van der Waals surface area (Å²) in [6.07, 6.45) is -0.354. The van der Waals surface area contributed by atoms with Crippen molar-refractivity contribution >= 4 is 17.7 Å². The molecule has 0 aromatic heterocycles. The van der Waals surface area contributed by atoms with Gasteiger partial charge in [-0.15, -0.1) is 0 Å². The highest BCUT2D eigenvalue weighted by Crippen LogP contribution is 2.26. The first-order valence-corrected chi connectivity index (χ1v) is 8.35. The maximum atomic E-state index is 12.8. The Labute approximate surface area is 148 Å². The number of anilines is 1. The molecule has 1 aliphatic heterocycles. The molecule has 1 aliphatic rings. The lowest BCUT2D eigenvalue weighted by molar-refractivity contribution is 0.00199. The normalized spacial score (nSPS) is 18.0. The predicted octanol–water partition coefficient (Wildman–Crippen LogP) is 2.36. The summed E-state index contributed by atoms with van der Waals surface area (Å²) in [5.74, 6) is 0.318. The Morgan fingerprint density at radius 1 is 1.24 bits per heavy atom. The van der Waals surface area contributed by atoms with E-state index in [1.807, 2.05) is 27.7 Å². The van der Waals surface area contributed by atoms with Crippen molar-refractivity contribution in [2.75, 3.05) is 32.5 Å². The van der Waals surface area contributed by atoms with Crippen LogP contribution in [0.15, 0.2) is 18.2 Å². The average molecular weight is 349 g/mol. The topological polar surface area (TPSA) is 85.1 Å². The minimum atomic E-state index is -0.543. The van der Waals surface area contributed by atoms with E-state index in [0.717, 1.165) is 0 Å². The van der Waals surface area contributed by atoms with Gasteiger partial charge in [-0.3, -0.25) is 4.79 Å². The molecule has 1 heterocycles. The van der Waals surface area contributed by atoms with Gasteiger partial charge in [-0.25, -0.2) is 4.79 Å². The van der Waals surface area contributed by atoms with Gasteiger partial charge in [-0.1, -0.05) is 6.07 Å². The van der Waals surface area contributed by atoms with E-state index in [4.69, 9.17) is 15.2 Å². The number of hydrogen-bond acceptors (Lipinski definition) is 5. The predicted molar refractivity (Wildman–Crippen MR) is 95.7 cm³/mol. The summed E-state index contributed by atoms with van der Waals surface area (Å²) in [6, 6.07) is 5.00. The van der Waals surface area contributed by atoms with Crippen LogP contribution in [0.2, 0.25) is 0 Å². The third-order valence-electron chi connectivity index (χ3n) is 4.06. The zero-order valence-electron chi connectivity index (χ0n) is 15.5. The van der Waals surface area contributed by atoms with Gasteiger partial charge in [-0.2, -0.15) is 0 Å². The molecule has 2 amide bonds. The third kappa shape index (κ3) is 4.35. The van der Waals surface area contributed by atoms with Crippen LogP contribution < -0.4 is 10.5 Å². The van der Waals surface area contributed by atoms with Crippen LogP contribution in [-0.2, 0) is 4.74 Å². The number of hydrogen-bond donors (Lipinski definition) is 1. The smallest absolute Gasteiger partial charge is 0.410 e. The second-order valence-corrected chi connectivity index (χ2v) is 7.20. The number of ether oxygens (including phenoxy) is 2. The Hall–Kier alpha value is -2.44. The average Bonchev–Trinajstić information content (AvgIpc) is 2.52. The summed E-state index contributed by atoms with van der Waals surface area (Å²) in [4.78, 5) is 28.4. The summed E-state index contributed by atoms with van der Waals surface area (Å²) in [6.45, 7) is 8.68. The number of carbonyl (C=O) groups is 2. The molecule has 0 saturated carbocycles. The monoisotopic (exact) mass is 349 g/mol. The van der Waals surface area contributed by atoms with Gasteiger partial charge in [0.05, 0.1) is 18.4 Å². The zero-order chi connectivity index (χ0) is 18.8. The van der Waals surface area contributed by atoms with Gasteiger partial charge in [-0.05, 0) is 39.8 Å². The van der Waals surface area contributed by atoms with Crippen LogP contribution >= 0.6 is 0 Å². The van der Waals surface area contributed by atoms with Crippen molar-refractivity contribution in [1.82, 2.24) is 9.80 Å². The molecule has 2 rings (SSSR count). The summed E-state index contributed by atoms with van der Waals surface area (Å²) in [5, 5.41) is 0. The molecule has 1 fully saturated rings. The van der Waals surface area contributed by atoms with Gasteiger partial charge in [0.1, 0.15) is 11.4 Å². The molecule has 0 bridgehead atoms. The molecule has 7 nitrogen and oxygen atoms in total. The van der Waals surface area contributed by atoms with Gasteiger partial charge in [0.15, 0.2) is 0 Å². The van der Waals surface area contributed by atoms with E-state index < -0.39 is 5.60 Å². The lowest BCUT2D eigenvalue weighted by Crippen LogP contribution is -2.56. The molecular weight excluding hydrogens is 322 g/mol. The van der Waals surface area contributed by atoms with Crippen LogP contribution in [0.5, 0.6) is 5.75 Å². The first-order valence-electron chi connectivity index (χ1n) is 8.35. The molecule has 2 N–H and O–H groups in total. The second-order valence-electron chi connectivity index (χ2n) is 7.20. The SMILES string of the molecule is COc1cccc(C(=O)N2CCN(C(=O)OC(C)(C)C)[C@H](C)C2)c1N. The highest BCUT2D eigenvalue weighted by molar-refractivity contribution is 6.00. The fraction of sp³-hybridized carbons (Fsp3) is 0.556. The van der Waals surface area contributed by atoms with Crippen molar-refractivity contribution in [2.24, 2.45) is 0 Å². The number of piperazine rings is 1. The molecule has 0 radical (unpaired) electrons. The number of amides is 2. The number of carbonyl (C=O) groups excluding carboxylic acids is 2. The van der Waals surface area contributed by atoms with Crippen molar-refractivity contribution in [1.29, 1.82) is 0 Å².